The van der Waals surface area contributed by atoms with Crippen LogP contribution in [0.25, 0.3) is 16.5 Å². The van der Waals surface area contributed by atoms with Crippen LogP contribution in [-0.4, -0.2) is 92.4 Å². The van der Waals surface area contributed by atoms with Crippen LogP contribution in [0.1, 0.15) is 64.5 Å². The van der Waals surface area contributed by atoms with Crippen molar-refractivity contribution in [3.8, 4) is 0 Å². The van der Waals surface area contributed by atoms with Gasteiger partial charge in [0.1, 0.15) is 12.1 Å². The maximum absolute atomic E-state index is 14.5. The lowest BCUT2D eigenvalue weighted by Gasteiger charge is -2.49. The molecule has 5 aliphatic rings. The SMILES string of the molecule is CC(C)CC[C@H]1C(=O)N2CCC[C@H]2[C@]2(O)O[C@](NC(=O)[C@@H]3C=C4c5cccc6[nH]cc(c56)C[C@H]4N(C)C3)(C(C)C)C(=O)N12. The average molecular weight is 590 g/mol. The van der Waals surface area contributed by atoms with Gasteiger partial charge in [-0.15, -0.1) is 0 Å². The van der Waals surface area contributed by atoms with Crippen LogP contribution in [0.5, 0.6) is 0 Å². The first kappa shape index (κ1) is 28.6. The minimum absolute atomic E-state index is 0.143. The molecule has 0 radical (unpaired) electrons. The molecule has 3 N–H and O–H groups in total. The molecule has 3 fully saturated rings. The molecule has 2 aromatic rings. The molecule has 10 heteroatoms. The fraction of sp³-hybridized carbons (Fsp3) is 0.606. The van der Waals surface area contributed by atoms with Crippen molar-refractivity contribution in [1.29, 1.82) is 0 Å². The number of fused-ring (bicyclic) bond motifs is 5. The van der Waals surface area contributed by atoms with E-state index >= 15 is 0 Å². The summed E-state index contributed by atoms with van der Waals surface area (Å²) < 4.78 is 6.46. The Bertz CT molecular complexity index is 1530. The molecule has 6 atom stereocenters. The van der Waals surface area contributed by atoms with Gasteiger partial charge in [-0.25, -0.2) is 0 Å². The number of nitrogens with one attached hydrogen (secondary N) is 2. The topological polar surface area (TPSA) is 118 Å². The van der Waals surface area contributed by atoms with E-state index in [2.05, 4.69) is 47.4 Å². The lowest BCUT2D eigenvalue weighted by atomic mass is 9.79. The smallest absolute Gasteiger partial charge is 0.281 e. The van der Waals surface area contributed by atoms with Crippen molar-refractivity contribution in [2.24, 2.45) is 17.8 Å². The zero-order chi connectivity index (χ0) is 30.4. The summed E-state index contributed by atoms with van der Waals surface area (Å²) in [6, 6.07) is 4.86. The number of amides is 3. The number of hydrogen-bond acceptors (Lipinski definition) is 6. The van der Waals surface area contributed by atoms with Gasteiger partial charge in [0.05, 0.1) is 5.92 Å². The molecule has 0 saturated carbocycles. The summed E-state index contributed by atoms with van der Waals surface area (Å²) >= 11 is 0. The number of aromatic amines is 1. The first-order valence-electron chi connectivity index (χ1n) is 15.9. The van der Waals surface area contributed by atoms with Crippen molar-refractivity contribution in [2.45, 2.75) is 89.6 Å². The van der Waals surface area contributed by atoms with Gasteiger partial charge in [-0.2, -0.15) is 0 Å². The second kappa shape index (κ2) is 9.90. The molecule has 3 amide bonds. The first-order valence-corrected chi connectivity index (χ1v) is 15.9. The maximum atomic E-state index is 14.5. The maximum Gasteiger partial charge on any atom is 0.281 e. The van der Waals surface area contributed by atoms with Crippen molar-refractivity contribution in [3.63, 3.8) is 0 Å². The summed E-state index contributed by atoms with van der Waals surface area (Å²) in [5.41, 5.74) is 2.80. The third-order valence-electron chi connectivity index (χ3n) is 10.5. The summed E-state index contributed by atoms with van der Waals surface area (Å²) in [7, 11) is 2.04. The number of aliphatic hydroxyl groups is 1. The molecule has 3 saturated heterocycles. The Balaban J connectivity index is 1.23. The molecule has 4 aliphatic heterocycles. The predicted octanol–water partition coefficient (Wildman–Crippen LogP) is 2.82. The molecule has 5 heterocycles. The molecule has 43 heavy (non-hydrogen) atoms. The third-order valence-corrected chi connectivity index (χ3v) is 10.5. The summed E-state index contributed by atoms with van der Waals surface area (Å²) in [6.07, 6.45) is 7.38. The molecular weight excluding hydrogens is 546 g/mol. The highest BCUT2D eigenvalue weighted by Gasteiger charge is 2.71. The molecule has 1 aromatic carbocycles. The Morgan fingerprint density at radius 3 is 2.77 bits per heavy atom. The fourth-order valence-corrected chi connectivity index (χ4v) is 8.19. The number of H-pyrrole nitrogens is 1. The number of benzene rings is 1. The lowest BCUT2D eigenvalue weighted by Crippen LogP contribution is -2.71. The summed E-state index contributed by atoms with van der Waals surface area (Å²) in [6.45, 7) is 8.78. The number of piperazine rings is 1. The summed E-state index contributed by atoms with van der Waals surface area (Å²) in [4.78, 5) is 50.9. The van der Waals surface area contributed by atoms with Crippen LogP contribution >= 0.6 is 0 Å². The number of nitrogens with zero attached hydrogens (tertiary/aromatic N) is 3. The minimum Gasteiger partial charge on any atom is -0.361 e. The molecule has 0 bridgehead atoms. The van der Waals surface area contributed by atoms with Gasteiger partial charge in [-0.05, 0) is 67.8 Å². The van der Waals surface area contributed by atoms with Gasteiger partial charge in [-0.3, -0.25) is 28.9 Å². The van der Waals surface area contributed by atoms with E-state index in [0.29, 0.717) is 38.3 Å². The Labute approximate surface area is 252 Å². The number of carbonyl (C=O) groups excluding carboxylic acids is 3. The Hall–Kier alpha value is -3.21. The van der Waals surface area contributed by atoms with E-state index in [0.717, 1.165) is 29.5 Å². The number of aromatic nitrogens is 1. The van der Waals surface area contributed by atoms with Crippen molar-refractivity contribution < 1.29 is 24.2 Å². The highest BCUT2D eigenvalue weighted by Crippen LogP contribution is 2.48. The highest BCUT2D eigenvalue weighted by atomic mass is 16.7. The summed E-state index contributed by atoms with van der Waals surface area (Å²) in [5, 5.41) is 16.4. The van der Waals surface area contributed by atoms with Crippen LogP contribution in [-0.2, 0) is 25.5 Å². The zero-order valence-corrected chi connectivity index (χ0v) is 25.7. The molecule has 10 nitrogen and oxygen atoms in total. The van der Waals surface area contributed by atoms with Crippen LogP contribution < -0.4 is 5.32 Å². The largest absolute Gasteiger partial charge is 0.361 e. The molecule has 7 rings (SSSR count). The number of carbonyl (C=O) groups is 3. The standard InChI is InChI=1S/C33H43N5O5/c1-18(2)11-12-25-30(40)37-13-7-10-27(37)33(42)38(25)31(41)32(43-33,19(3)4)35-29(39)21-14-23-22-8-6-9-24-28(22)20(16-34-24)15-26(23)36(5)17-21/h6,8-9,14,16,18-19,21,25-27,34,42H,7,10-13,15,17H2,1-5H3,(H,35,39)/t21-,25+,26-,27+,32-,33+/m1/s1. The normalized spacial score (nSPS) is 33.7. The Kier molecular flexibility index (Phi) is 6.58. The lowest BCUT2D eigenvalue weighted by molar-refractivity contribution is -0.322. The molecule has 230 valence electrons. The zero-order valence-electron chi connectivity index (χ0n) is 25.7. The average Bonchev–Trinajstić information content (AvgIpc) is 3.67. The van der Waals surface area contributed by atoms with Crippen LogP contribution in [0.3, 0.4) is 0 Å². The second-order valence-corrected chi connectivity index (χ2v) is 13.9. The van der Waals surface area contributed by atoms with Gasteiger partial charge in [0.15, 0.2) is 0 Å². The number of hydrogen-bond donors (Lipinski definition) is 3. The van der Waals surface area contributed by atoms with E-state index in [1.165, 1.54) is 15.8 Å². The van der Waals surface area contributed by atoms with Gasteiger partial charge in [0.25, 0.3) is 11.8 Å². The van der Waals surface area contributed by atoms with E-state index < -0.39 is 41.5 Å². The number of rotatable bonds is 6. The van der Waals surface area contributed by atoms with Crippen molar-refractivity contribution in [2.75, 3.05) is 20.1 Å². The predicted molar refractivity (Wildman–Crippen MR) is 161 cm³/mol. The van der Waals surface area contributed by atoms with E-state index in [1.54, 1.807) is 4.90 Å². The number of ether oxygens (including phenoxy) is 1. The molecule has 0 unspecified atom stereocenters. The van der Waals surface area contributed by atoms with Crippen molar-refractivity contribution >= 4 is 34.2 Å². The quantitative estimate of drug-likeness (QED) is 0.477. The third kappa shape index (κ3) is 4.05. The molecule has 1 aliphatic carbocycles. The summed E-state index contributed by atoms with van der Waals surface area (Å²) in [5.74, 6) is -3.73. The van der Waals surface area contributed by atoms with E-state index in [-0.39, 0.29) is 17.9 Å². The first-order chi connectivity index (χ1) is 20.5. The number of likely N-dealkylation sites (N-methyl/N-ethyl adjacent to an activating group) is 1. The van der Waals surface area contributed by atoms with Gasteiger partial charge < -0.3 is 20.3 Å². The highest BCUT2D eigenvalue weighted by molar-refractivity contribution is 6.01. The Morgan fingerprint density at radius 1 is 1.23 bits per heavy atom. The van der Waals surface area contributed by atoms with Crippen LogP contribution in [0.2, 0.25) is 0 Å². The van der Waals surface area contributed by atoms with Crippen molar-refractivity contribution in [1.82, 2.24) is 25.0 Å². The second-order valence-electron chi connectivity index (χ2n) is 13.9. The van der Waals surface area contributed by atoms with Crippen molar-refractivity contribution in [3.05, 3.63) is 41.6 Å². The van der Waals surface area contributed by atoms with Crippen LogP contribution in [0.4, 0.5) is 0 Å². The fourth-order valence-electron chi connectivity index (χ4n) is 8.19. The van der Waals surface area contributed by atoms with Gasteiger partial charge in [0.2, 0.25) is 17.5 Å². The van der Waals surface area contributed by atoms with Crippen LogP contribution in [0.15, 0.2) is 30.5 Å². The van der Waals surface area contributed by atoms with Crippen LogP contribution in [0, 0.1) is 17.8 Å². The monoisotopic (exact) mass is 589 g/mol. The molecule has 0 spiro atoms. The van der Waals surface area contributed by atoms with E-state index in [1.807, 2.05) is 33.0 Å². The van der Waals surface area contributed by atoms with E-state index in [4.69, 9.17) is 4.74 Å². The Morgan fingerprint density at radius 2 is 2.02 bits per heavy atom. The molecule has 1 aromatic heterocycles. The van der Waals surface area contributed by atoms with E-state index in [9.17, 15) is 19.5 Å². The van der Waals surface area contributed by atoms with Gasteiger partial charge in [0, 0.05) is 42.1 Å². The minimum atomic E-state index is -2.00. The molecular formula is C33H43N5O5. The van der Waals surface area contributed by atoms with Gasteiger partial charge >= 0.3 is 0 Å². The van der Waals surface area contributed by atoms with Gasteiger partial charge in [-0.1, -0.05) is 45.9 Å².